The molecule has 1 N–H and O–H groups in total. The van der Waals surface area contributed by atoms with E-state index in [0.717, 1.165) is 24.8 Å². The zero-order valence-corrected chi connectivity index (χ0v) is 17.3. The maximum Gasteiger partial charge on any atom is 0.243 e. The smallest absolute Gasteiger partial charge is 0.243 e. The molecule has 0 bridgehead atoms. The van der Waals surface area contributed by atoms with Crippen LogP contribution in [0.1, 0.15) is 42.9 Å². The Balaban J connectivity index is 1.53. The van der Waals surface area contributed by atoms with Gasteiger partial charge in [-0.05, 0) is 67.5 Å². The van der Waals surface area contributed by atoms with Crippen LogP contribution in [0.25, 0.3) is 0 Å². The number of carbonyl (C=O) groups is 1. The highest BCUT2D eigenvalue weighted by atomic mass is 32.2. The fraction of sp³-hybridized carbons (Fsp3) is 0.409. The summed E-state index contributed by atoms with van der Waals surface area (Å²) >= 11 is 0. The lowest BCUT2D eigenvalue weighted by atomic mass is 9.87. The molecule has 2 aromatic rings. The van der Waals surface area contributed by atoms with Crippen LogP contribution in [0.15, 0.2) is 53.4 Å². The van der Waals surface area contributed by atoms with Gasteiger partial charge in [-0.2, -0.15) is 4.31 Å². The molecule has 1 aliphatic heterocycles. The summed E-state index contributed by atoms with van der Waals surface area (Å²) in [5, 5.41) is 3.12. The Morgan fingerprint density at radius 3 is 2.59 bits per heavy atom. The van der Waals surface area contributed by atoms with Crippen LogP contribution in [0.3, 0.4) is 0 Å². The summed E-state index contributed by atoms with van der Waals surface area (Å²) in [5.41, 5.74) is 2.41. The fourth-order valence-corrected chi connectivity index (χ4v) is 6.00. The van der Waals surface area contributed by atoms with Crippen LogP contribution in [0.5, 0.6) is 5.75 Å². The van der Waals surface area contributed by atoms with E-state index in [1.54, 1.807) is 12.1 Å². The van der Waals surface area contributed by atoms with Crippen LogP contribution >= 0.6 is 0 Å². The Hall–Kier alpha value is -2.38. The van der Waals surface area contributed by atoms with Crippen molar-refractivity contribution in [2.75, 3.05) is 13.7 Å². The topological polar surface area (TPSA) is 75.7 Å². The van der Waals surface area contributed by atoms with Gasteiger partial charge in [0.2, 0.25) is 15.9 Å². The van der Waals surface area contributed by atoms with Crippen LogP contribution in [0.4, 0.5) is 0 Å². The van der Waals surface area contributed by atoms with Gasteiger partial charge in [-0.15, -0.1) is 0 Å². The number of amides is 1. The van der Waals surface area contributed by atoms with E-state index in [1.165, 1.54) is 29.1 Å². The van der Waals surface area contributed by atoms with Gasteiger partial charge in [0, 0.05) is 6.54 Å². The van der Waals surface area contributed by atoms with E-state index in [4.69, 9.17) is 4.74 Å². The van der Waals surface area contributed by atoms with Crippen molar-refractivity contribution in [3.05, 3.63) is 59.7 Å². The third kappa shape index (κ3) is 3.89. The number of fused-ring (bicyclic) bond motifs is 1. The number of ether oxygens (including phenoxy) is 1. The van der Waals surface area contributed by atoms with E-state index in [1.807, 2.05) is 12.1 Å². The van der Waals surface area contributed by atoms with Crippen molar-refractivity contribution in [2.45, 2.75) is 49.1 Å². The molecule has 1 saturated heterocycles. The average molecular weight is 415 g/mol. The summed E-state index contributed by atoms with van der Waals surface area (Å²) in [6.45, 7) is 0.355. The van der Waals surface area contributed by atoms with Crippen LogP contribution in [-0.2, 0) is 21.2 Å². The number of carbonyl (C=O) groups excluding carboxylic acids is 1. The summed E-state index contributed by atoms with van der Waals surface area (Å²) in [6, 6.07) is 13.7. The summed E-state index contributed by atoms with van der Waals surface area (Å²) in [5.74, 6) is 0.386. The van der Waals surface area contributed by atoms with Crippen LogP contribution in [-0.4, -0.2) is 38.3 Å². The summed E-state index contributed by atoms with van der Waals surface area (Å²) in [6.07, 6.45) is 4.12. The van der Waals surface area contributed by atoms with E-state index >= 15 is 0 Å². The lowest BCUT2D eigenvalue weighted by Crippen LogP contribution is -2.47. The highest BCUT2D eigenvalue weighted by molar-refractivity contribution is 7.89. The normalized spacial score (nSPS) is 22.1. The van der Waals surface area contributed by atoms with Crippen LogP contribution in [0.2, 0.25) is 0 Å². The minimum atomic E-state index is -3.74. The van der Waals surface area contributed by atoms with Gasteiger partial charge in [-0.25, -0.2) is 8.42 Å². The second-order valence-corrected chi connectivity index (χ2v) is 9.49. The van der Waals surface area contributed by atoms with Gasteiger partial charge in [0.1, 0.15) is 11.8 Å². The van der Waals surface area contributed by atoms with Crippen molar-refractivity contribution in [1.29, 1.82) is 0 Å². The first-order valence-electron chi connectivity index (χ1n) is 10.0. The molecule has 1 heterocycles. The first kappa shape index (κ1) is 19.9. The first-order chi connectivity index (χ1) is 14.0. The molecule has 0 radical (unpaired) electrons. The number of benzene rings is 2. The van der Waals surface area contributed by atoms with E-state index in [-0.39, 0.29) is 16.8 Å². The largest absolute Gasteiger partial charge is 0.497 e. The van der Waals surface area contributed by atoms with Crippen molar-refractivity contribution in [3.63, 3.8) is 0 Å². The molecule has 154 valence electrons. The maximum absolute atomic E-state index is 13.1. The summed E-state index contributed by atoms with van der Waals surface area (Å²) in [7, 11) is -2.21. The lowest BCUT2D eigenvalue weighted by Gasteiger charge is -2.29. The highest BCUT2D eigenvalue weighted by Crippen LogP contribution is 2.31. The van der Waals surface area contributed by atoms with E-state index < -0.39 is 16.1 Å². The molecule has 2 atom stereocenters. The molecular formula is C22H26N2O4S. The Morgan fingerprint density at radius 1 is 1.07 bits per heavy atom. The number of hydrogen-bond acceptors (Lipinski definition) is 4. The van der Waals surface area contributed by atoms with Crippen molar-refractivity contribution >= 4 is 15.9 Å². The minimum Gasteiger partial charge on any atom is -0.497 e. The maximum atomic E-state index is 13.1. The third-order valence-electron chi connectivity index (χ3n) is 5.86. The van der Waals surface area contributed by atoms with E-state index in [0.29, 0.717) is 25.1 Å². The van der Waals surface area contributed by atoms with Gasteiger partial charge in [-0.3, -0.25) is 4.79 Å². The van der Waals surface area contributed by atoms with Crippen molar-refractivity contribution < 1.29 is 17.9 Å². The lowest BCUT2D eigenvalue weighted by molar-refractivity contribution is -0.125. The predicted octanol–water partition coefficient (Wildman–Crippen LogP) is 3.04. The number of aryl methyl sites for hydroxylation is 1. The predicted molar refractivity (Wildman–Crippen MR) is 110 cm³/mol. The minimum absolute atomic E-state index is 0.0569. The summed E-state index contributed by atoms with van der Waals surface area (Å²) < 4.78 is 32.7. The molecule has 0 spiro atoms. The number of methoxy groups -OCH3 is 1. The third-order valence-corrected chi connectivity index (χ3v) is 7.78. The molecule has 4 rings (SSSR count). The molecule has 1 aliphatic carbocycles. The molecule has 1 amide bonds. The number of nitrogens with zero attached hydrogens (tertiary/aromatic N) is 1. The molecule has 0 unspecified atom stereocenters. The van der Waals surface area contributed by atoms with E-state index in [9.17, 15) is 13.2 Å². The molecule has 29 heavy (non-hydrogen) atoms. The second-order valence-electron chi connectivity index (χ2n) is 7.60. The van der Waals surface area contributed by atoms with Crippen LogP contribution < -0.4 is 10.1 Å². The van der Waals surface area contributed by atoms with Crippen LogP contribution in [0, 0.1) is 0 Å². The number of nitrogens with one attached hydrogen (secondary N) is 1. The van der Waals surface area contributed by atoms with Crippen molar-refractivity contribution in [2.24, 2.45) is 0 Å². The molecule has 1 fully saturated rings. The quantitative estimate of drug-likeness (QED) is 0.816. The zero-order chi connectivity index (χ0) is 20.4. The van der Waals surface area contributed by atoms with Gasteiger partial charge in [-0.1, -0.05) is 24.3 Å². The van der Waals surface area contributed by atoms with Gasteiger partial charge < -0.3 is 10.1 Å². The van der Waals surface area contributed by atoms with Gasteiger partial charge in [0.25, 0.3) is 0 Å². The average Bonchev–Trinajstić information content (AvgIpc) is 3.25. The first-order valence-corrected chi connectivity index (χ1v) is 11.5. The molecule has 2 aliphatic rings. The number of rotatable bonds is 5. The molecule has 0 aromatic heterocycles. The standard InChI is InChI=1S/C22H26N2O4S/c1-28-17-11-13-18(14-12-17)29(26,27)24-15-5-10-21(24)22(25)23-20-9-4-7-16-6-2-3-8-19(16)20/h2-3,6,8,11-14,20-21H,4-5,7,9-10,15H2,1H3,(H,23,25)/t20-,21-/m1/s1. The van der Waals surface area contributed by atoms with Gasteiger partial charge in [0.05, 0.1) is 18.0 Å². The summed E-state index contributed by atoms with van der Waals surface area (Å²) in [4.78, 5) is 13.3. The van der Waals surface area contributed by atoms with Crippen molar-refractivity contribution in [3.8, 4) is 5.75 Å². The molecule has 0 saturated carbocycles. The highest BCUT2D eigenvalue weighted by Gasteiger charge is 2.40. The molecule has 2 aromatic carbocycles. The second kappa shape index (κ2) is 8.16. The Bertz CT molecular complexity index is 988. The zero-order valence-electron chi connectivity index (χ0n) is 16.5. The SMILES string of the molecule is COc1ccc(S(=O)(=O)N2CCC[C@@H]2C(=O)N[C@@H]2CCCc3ccccc32)cc1. The Labute approximate surface area is 171 Å². The van der Waals surface area contributed by atoms with Gasteiger partial charge in [0.15, 0.2) is 0 Å². The number of hydrogen-bond donors (Lipinski definition) is 1. The molecule has 7 heteroatoms. The monoisotopic (exact) mass is 414 g/mol. The van der Waals surface area contributed by atoms with E-state index in [2.05, 4.69) is 17.4 Å². The Kier molecular flexibility index (Phi) is 5.61. The Morgan fingerprint density at radius 2 is 1.83 bits per heavy atom. The fourth-order valence-electron chi connectivity index (χ4n) is 4.34. The molecule has 6 nitrogen and oxygen atoms in total. The molecular weight excluding hydrogens is 388 g/mol. The van der Waals surface area contributed by atoms with Gasteiger partial charge >= 0.3 is 0 Å². The van der Waals surface area contributed by atoms with Crippen molar-refractivity contribution in [1.82, 2.24) is 9.62 Å². The number of sulfonamides is 1.